The number of amides is 2. The van der Waals surface area contributed by atoms with E-state index in [9.17, 15) is 14.9 Å². The van der Waals surface area contributed by atoms with Crippen molar-refractivity contribution in [3.05, 3.63) is 53.2 Å². The molecule has 0 bridgehead atoms. The number of imide groups is 1. The highest BCUT2D eigenvalue weighted by Gasteiger charge is 2.40. The molecule has 5 nitrogen and oxygen atoms in total. The monoisotopic (exact) mass is 337 g/mol. The summed E-state index contributed by atoms with van der Waals surface area (Å²) < 4.78 is 0. The van der Waals surface area contributed by atoms with Crippen molar-refractivity contribution in [3.8, 4) is 6.07 Å². The predicted molar refractivity (Wildman–Crippen MR) is 91.6 cm³/mol. The first-order chi connectivity index (χ1) is 11.5. The molecule has 120 valence electrons. The molecule has 2 heterocycles. The lowest BCUT2D eigenvalue weighted by Gasteiger charge is -2.15. The van der Waals surface area contributed by atoms with E-state index in [2.05, 4.69) is 11.1 Å². The fourth-order valence-electron chi connectivity index (χ4n) is 2.70. The lowest BCUT2D eigenvalue weighted by Crippen LogP contribution is -2.31. The number of rotatable bonds is 3. The van der Waals surface area contributed by atoms with Gasteiger partial charge >= 0.3 is 0 Å². The van der Waals surface area contributed by atoms with Crippen LogP contribution in [0.2, 0.25) is 0 Å². The molecule has 0 N–H and O–H groups in total. The molecule has 2 amide bonds. The van der Waals surface area contributed by atoms with Crippen LogP contribution in [0.3, 0.4) is 0 Å². The van der Waals surface area contributed by atoms with Crippen LogP contribution in [0.25, 0.3) is 0 Å². The highest BCUT2D eigenvalue weighted by molar-refractivity contribution is 8.00. The van der Waals surface area contributed by atoms with Crippen molar-refractivity contribution in [2.75, 3.05) is 4.90 Å². The van der Waals surface area contributed by atoms with Crippen LogP contribution in [0.1, 0.15) is 23.2 Å². The third-order valence-corrected chi connectivity index (χ3v) is 4.97. The van der Waals surface area contributed by atoms with Gasteiger partial charge in [0.25, 0.3) is 0 Å². The van der Waals surface area contributed by atoms with Crippen LogP contribution in [-0.4, -0.2) is 22.0 Å². The Balaban J connectivity index is 1.90. The fourth-order valence-corrected chi connectivity index (χ4v) is 3.93. The third kappa shape index (κ3) is 2.91. The Morgan fingerprint density at radius 1 is 1.25 bits per heavy atom. The minimum atomic E-state index is -0.557. The Kier molecular flexibility index (Phi) is 4.36. The molecule has 3 rings (SSSR count). The standard InChI is InChI=1S/C18H15N3O2S/c1-11-8-12(2)20-17(14(11)10-19)24-15-9-16(22)21(18(15)23)13-6-4-3-5-7-13/h3-8,15H,9H2,1-2H3/t15-/m1/s1. The van der Waals surface area contributed by atoms with Crippen LogP contribution in [0.4, 0.5) is 5.69 Å². The zero-order valence-corrected chi connectivity index (χ0v) is 14.1. The van der Waals surface area contributed by atoms with Crippen molar-refractivity contribution in [1.29, 1.82) is 5.26 Å². The maximum Gasteiger partial charge on any atom is 0.247 e. The first kappa shape index (κ1) is 16.2. The van der Waals surface area contributed by atoms with E-state index in [1.807, 2.05) is 26.0 Å². The summed E-state index contributed by atoms with van der Waals surface area (Å²) in [5.74, 6) is -0.493. The average Bonchev–Trinajstić information content (AvgIpc) is 2.82. The van der Waals surface area contributed by atoms with Crippen molar-refractivity contribution < 1.29 is 9.59 Å². The second-order valence-electron chi connectivity index (χ2n) is 5.59. The molecule has 1 aromatic heterocycles. The van der Waals surface area contributed by atoms with Gasteiger partial charge in [-0.05, 0) is 37.6 Å². The third-order valence-electron chi connectivity index (χ3n) is 3.80. The van der Waals surface area contributed by atoms with Gasteiger partial charge in [-0.3, -0.25) is 9.59 Å². The van der Waals surface area contributed by atoms with Gasteiger partial charge in [-0.1, -0.05) is 30.0 Å². The van der Waals surface area contributed by atoms with Gasteiger partial charge in [0.1, 0.15) is 11.1 Å². The zero-order chi connectivity index (χ0) is 17.3. The smallest absolute Gasteiger partial charge is 0.247 e. The number of pyridine rings is 1. The molecule has 1 aliphatic heterocycles. The number of anilines is 1. The summed E-state index contributed by atoms with van der Waals surface area (Å²) in [6.45, 7) is 3.69. The molecule has 1 saturated heterocycles. The molecule has 1 aromatic carbocycles. The second kappa shape index (κ2) is 6.46. The normalized spacial score (nSPS) is 17.2. The van der Waals surface area contributed by atoms with Crippen LogP contribution in [0, 0.1) is 25.2 Å². The van der Waals surface area contributed by atoms with Gasteiger partial charge in [0, 0.05) is 12.1 Å². The van der Waals surface area contributed by atoms with Crippen LogP contribution >= 0.6 is 11.8 Å². The molecule has 24 heavy (non-hydrogen) atoms. The van der Waals surface area contributed by atoms with Crippen molar-refractivity contribution in [2.45, 2.75) is 30.5 Å². The van der Waals surface area contributed by atoms with Crippen molar-refractivity contribution >= 4 is 29.3 Å². The summed E-state index contributed by atoms with van der Waals surface area (Å²) in [7, 11) is 0. The number of nitrogens with zero attached hydrogens (tertiary/aromatic N) is 3. The number of aryl methyl sites for hydroxylation is 2. The van der Waals surface area contributed by atoms with Gasteiger partial charge in [-0.15, -0.1) is 0 Å². The SMILES string of the molecule is Cc1cc(C)c(C#N)c(S[C@@H]2CC(=O)N(c3ccccc3)C2=O)n1. The maximum atomic E-state index is 12.7. The quantitative estimate of drug-likeness (QED) is 0.805. The fraction of sp³-hybridized carbons (Fsp3) is 0.222. The van der Waals surface area contributed by atoms with E-state index in [0.717, 1.165) is 11.3 Å². The molecule has 2 aromatic rings. The number of hydrogen-bond acceptors (Lipinski definition) is 5. The van der Waals surface area contributed by atoms with Gasteiger partial charge in [-0.2, -0.15) is 5.26 Å². The zero-order valence-electron chi connectivity index (χ0n) is 13.3. The Morgan fingerprint density at radius 3 is 2.62 bits per heavy atom. The molecule has 1 atom stereocenters. The molecule has 0 aliphatic carbocycles. The molecular weight excluding hydrogens is 322 g/mol. The Labute approximate surface area is 144 Å². The van der Waals surface area contributed by atoms with Crippen LogP contribution in [-0.2, 0) is 9.59 Å². The lowest BCUT2D eigenvalue weighted by atomic mass is 10.1. The summed E-state index contributed by atoms with van der Waals surface area (Å²) >= 11 is 1.20. The van der Waals surface area contributed by atoms with Gasteiger partial charge < -0.3 is 0 Å². The second-order valence-corrected chi connectivity index (χ2v) is 6.78. The Bertz CT molecular complexity index is 859. The van der Waals surface area contributed by atoms with Crippen LogP contribution < -0.4 is 4.90 Å². The van der Waals surface area contributed by atoms with E-state index in [4.69, 9.17) is 0 Å². The first-order valence-corrected chi connectivity index (χ1v) is 8.36. The molecule has 0 unspecified atom stereocenters. The predicted octanol–water partition coefficient (Wildman–Crippen LogP) is 2.99. The van der Waals surface area contributed by atoms with Gasteiger partial charge in [0.15, 0.2) is 0 Å². The largest absolute Gasteiger partial charge is 0.274 e. The summed E-state index contributed by atoms with van der Waals surface area (Å²) in [6.07, 6.45) is 0.109. The minimum absolute atomic E-state index is 0.109. The molecule has 0 saturated carbocycles. The van der Waals surface area contributed by atoms with E-state index in [-0.39, 0.29) is 18.2 Å². The highest BCUT2D eigenvalue weighted by Crippen LogP contribution is 2.35. The number of carbonyl (C=O) groups is 2. The molecule has 0 spiro atoms. The van der Waals surface area contributed by atoms with Gasteiger partial charge in [-0.25, -0.2) is 9.88 Å². The molecule has 1 aliphatic rings. The number of carbonyl (C=O) groups excluding carboxylic acids is 2. The van der Waals surface area contributed by atoms with E-state index < -0.39 is 5.25 Å². The number of nitriles is 1. The molecule has 1 fully saturated rings. The maximum absolute atomic E-state index is 12.7. The lowest BCUT2D eigenvalue weighted by molar-refractivity contribution is -0.121. The van der Waals surface area contributed by atoms with Crippen LogP contribution in [0.15, 0.2) is 41.4 Å². The Hall–Kier alpha value is -2.65. The molecule has 0 radical (unpaired) electrons. The first-order valence-electron chi connectivity index (χ1n) is 7.48. The number of hydrogen-bond donors (Lipinski definition) is 0. The topological polar surface area (TPSA) is 74.1 Å². The van der Waals surface area contributed by atoms with Gasteiger partial charge in [0.2, 0.25) is 11.8 Å². The van der Waals surface area contributed by atoms with Gasteiger partial charge in [0.05, 0.1) is 16.5 Å². The summed E-state index contributed by atoms with van der Waals surface area (Å²) in [5.41, 5.74) is 2.64. The van der Waals surface area contributed by atoms with E-state index in [1.54, 1.807) is 24.3 Å². The van der Waals surface area contributed by atoms with E-state index in [0.29, 0.717) is 16.3 Å². The van der Waals surface area contributed by atoms with Crippen molar-refractivity contribution in [1.82, 2.24) is 4.98 Å². The minimum Gasteiger partial charge on any atom is -0.274 e. The van der Waals surface area contributed by atoms with Crippen molar-refractivity contribution in [2.24, 2.45) is 0 Å². The van der Waals surface area contributed by atoms with Crippen molar-refractivity contribution in [3.63, 3.8) is 0 Å². The number of thioether (sulfide) groups is 1. The number of para-hydroxylation sites is 1. The summed E-state index contributed by atoms with van der Waals surface area (Å²) in [6, 6.07) is 12.9. The molecular formula is C18H15N3O2S. The number of aromatic nitrogens is 1. The Morgan fingerprint density at radius 2 is 1.96 bits per heavy atom. The van der Waals surface area contributed by atoms with Crippen LogP contribution in [0.5, 0.6) is 0 Å². The molecule has 6 heteroatoms. The number of benzene rings is 1. The average molecular weight is 337 g/mol. The van der Waals surface area contributed by atoms with E-state index >= 15 is 0 Å². The summed E-state index contributed by atoms with van der Waals surface area (Å²) in [4.78, 5) is 30.5. The highest BCUT2D eigenvalue weighted by atomic mass is 32.2. The van der Waals surface area contributed by atoms with E-state index in [1.165, 1.54) is 16.7 Å². The summed E-state index contributed by atoms with van der Waals surface area (Å²) in [5, 5.41) is 9.30.